The number of rotatable bonds is 1. The number of aliphatic imine (C=N–C) groups is 1. The number of hydrogen-bond acceptors (Lipinski definition) is 2. The molecule has 0 saturated carbocycles. The highest BCUT2D eigenvalue weighted by Crippen LogP contribution is 2.47. The summed E-state index contributed by atoms with van der Waals surface area (Å²) in [6, 6.07) is 10.7. The third kappa shape index (κ3) is 2.06. The molecule has 0 fully saturated rings. The van der Waals surface area contributed by atoms with Crippen LogP contribution < -0.4 is 0 Å². The number of nitrogens with zero attached hydrogens (tertiary/aromatic N) is 1. The Labute approximate surface area is 125 Å². The summed E-state index contributed by atoms with van der Waals surface area (Å²) < 4.78 is 5.44. The molecule has 0 spiro atoms. The van der Waals surface area contributed by atoms with Crippen LogP contribution in [0.2, 0.25) is 0 Å². The van der Waals surface area contributed by atoms with Crippen molar-refractivity contribution in [2.45, 2.75) is 32.6 Å². The van der Waals surface area contributed by atoms with E-state index < -0.39 is 0 Å². The van der Waals surface area contributed by atoms with Crippen molar-refractivity contribution < 1.29 is 4.42 Å². The van der Waals surface area contributed by atoms with Crippen molar-refractivity contribution in [3.63, 3.8) is 0 Å². The van der Waals surface area contributed by atoms with Crippen molar-refractivity contribution in [1.29, 1.82) is 0 Å². The summed E-state index contributed by atoms with van der Waals surface area (Å²) >= 11 is 0. The lowest BCUT2D eigenvalue weighted by Crippen LogP contribution is -2.27. The molecule has 1 aromatic carbocycles. The molecule has 2 heteroatoms. The van der Waals surface area contributed by atoms with Gasteiger partial charge in [-0.05, 0) is 29.4 Å². The van der Waals surface area contributed by atoms with E-state index in [4.69, 9.17) is 9.41 Å². The van der Waals surface area contributed by atoms with Gasteiger partial charge in [0.05, 0.1) is 6.26 Å². The van der Waals surface area contributed by atoms with Gasteiger partial charge >= 0.3 is 0 Å². The Balaban J connectivity index is 1.90. The van der Waals surface area contributed by atoms with Crippen LogP contribution in [0.5, 0.6) is 0 Å². The van der Waals surface area contributed by atoms with E-state index in [0.717, 1.165) is 18.5 Å². The Kier molecular flexibility index (Phi) is 2.68. The monoisotopic (exact) mass is 277 g/mol. The highest BCUT2D eigenvalue weighted by molar-refractivity contribution is 6.06. The van der Waals surface area contributed by atoms with Gasteiger partial charge in [-0.15, -0.1) is 0 Å². The number of furan rings is 1. The largest absolute Gasteiger partial charge is 0.470 e. The lowest BCUT2D eigenvalue weighted by Gasteiger charge is -2.35. The molecule has 0 radical (unpaired) electrons. The molecular formula is C19H19NO. The van der Waals surface area contributed by atoms with E-state index >= 15 is 0 Å². The average Bonchev–Trinajstić information content (AvgIpc) is 2.92. The smallest absolute Gasteiger partial charge is 0.116 e. The van der Waals surface area contributed by atoms with Crippen molar-refractivity contribution >= 4 is 11.4 Å². The molecule has 0 saturated heterocycles. The summed E-state index contributed by atoms with van der Waals surface area (Å²) in [4.78, 5) is 4.85. The van der Waals surface area contributed by atoms with Gasteiger partial charge in [0.1, 0.15) is 12.0 Å². The Morgan fingerprint density at radius 1 is 1.14 bits per heavy atom. The van der Waals surface area contributed by atoms with E-state index in [2.05, 4.69) is 50.3 Å². The average molecular weight is 277 g/mol. The van der Waals surface area contributed by atoms with Crippen molar-refractivity contribution in [3.05, 3.63) is 65.6 Å². The summed E-state index contributed by atoms with van der Waals surface area (Å²) in [6.07, 6.45) is 8.16. The van der Waals surface area contributed by atoms with Crippen molar-refractivity contribution in [2.75, 3.05) is 0 Å². The third-order valence-electron chi connectivity index (χ3n) is 4.53. The first-order chi connectivity index (χ1) is 10.1. The molecule has 2 aliphatic rings. The van der Waals surface area contributed by atoms with Crippen LogP contribution in [0, 0.1) is 5.41 Å². The lowest BCUT2D eigenvalue weighted by atomic mass is 9.70. The molecule has 1 aliphatic heterocycles. The van der Waals surface area contributed by atoms with Gasteiger partial charge in [0.15, 0.2) is 0 Å². The Bertz CT molecular complexity index is 734. The minimum atomic E-state index is 0.267. The van der Waals surface area contributed by atoms with Gasteiger partial charge < -0.3 is 4.42 Å². The zero-order chi connectivity index (χ0) is 14.4. The summed E-state index contributed by atoms with van der Waals surface area (Å²) in [5, 5.41) is 0. The normalized spacial score (nSPS) is 22.9. The van der Waals surface area contributed by atoms with Crippen LogP contribution >= 0.6 is 0 Å². The minimum Gasteiger partial charge on any atom is -0.470 e. The first-order valence-electron chi connectivity index (χ1n) is 7.53. The van der Waals surface area contributed by atoms with E-state index in [9.17, 15) is 0 Å². The topological polar surface area (TPSA) is 25.5 Å². The van der Waals surface area contributed by atoms with Gasteiger partial charge in [0.25, 0.3) is 0 Å². The van der Waals surface area contributed by atoms with E-state index in [-0.39, 0.29) is 5.92 Å². The Hall–Kier alpha value is -2.09. The lowest BCUT2D eigenvalue weighted by molar-refractivity contribution is 0.380. The second-order valence-electron chi connectivity index (χ2n) is 6.82. The zero-order valence-corrected chi connectivity index (χ0v) is 12.5. The molecule has 0 bridgehead atoms. The Morgan fingerprint density at radius 3 is 2.76 bits per heavy atom. The van der Waals surface area contributed by atoms with Crippen LogP contribution in [0.3, 0.4) is 0 Å². The van der Waals surface area contributed by atoms with Crippen LogP contribution in [0.15, 0.2) is 63.9 Å². The molecule has 2 aromatic rings. The summed E-state index contributed by atoms with van der Waals surface area (Å²) in [5.74, 6) is 0.267. The minimum absolute atomic E-state index is 0.267. The Morgan fingerprint density at radius 2 is 1.95 bits per heavy atom. The molecular weight excluding hydrogens is 258 g/mol. The maximum atomic E-state index is 5.44. The van der Waals surface area contributed by atoms with Crippen LogP contribution in [0.25, 0.3) is 0 Å². The number of benzene rings is 1. The molecule has 1 aromatic heterocycles. The van der Waals surface area contributed by atoms with Crippen LogP contribution in [0.4, 0.5) is 5.69 Å². The second kappa shape index (κ2) is 4.45. The zero-order valence-electron chi connectivity index (χ0n) is 12.5. The highest BCUT2D eigenvalue weighted by Gasteiger charge is 2.35. The van der Waals surface area contributed by atoms with Crippen molar-refractivity contribution in [3.8, 4) is 0 Å². The van der Waals surface area contributed by atoms with Crippen LogP contribution in [-0.4, -0.2) is 5.71 Å². The van der Waals surface area contributed by atoms with E-state index in [1.54, 1.807) is 6.26 Å². The predicted octanol–water partition coefficient (Wildman–Crippen LogP) is 5.24. The SMILES string of the molecule is CC1(C)CC=C2C(=Nc3cocc3C2c2ccccc2)C1. The van der Waals surface area contributed by atoms with Gasteiger partial charge in [0.2, 0.25) is 0 Å². The van der Waals surface area contributed by atoms with E-state index in [0.29, 0.717) is 5.41 Å². The summed E-state index contributed by atoms with van der Waals surface area (Å²) in [5.41, 5.74) is 6.40. The van der Waals surface area contributed by atoms with Crippen molar-refractivity contribution in [2.24, 2.45) is 10.4 Å². The summed E-state index contributed by atoms with van der Waals surface area (Å²) in [6.45, 7) is 4.62. The van der Waals surface area contributed by atoms with Crippen LogP contribution in [0.1, 0.15) is 43.7 Å². The molecule has 21 heavy (non-hydrogen) atoms. The van der Waals surface area contributed by atoms with E-state index in [1.807, 2.05) is 6.26 Å². The fourth-order valence-corrected chi connectivity index (χ4v) is 3.44. The highest BCUT2D eigenvalue weighted by atomic mass is 16.3. The number of hydrogen-bond donors (Lipinski definition) is 0. The molecule has 2 nitrogen and oxygen atoms in total. The van der Waals surface area contributed by atoms with Gasteiger partial charge in [-0.2, -0.15) is 0 Å². The van der Waals surface area contributed by atoms with Crippen LogP contribution in [-0.2, 0) is 0 Å². The van der Waals surface area contributed by atoms with Gasteiger partial charge in [0, 0.05) is 17.2 Å². The van der Waals surface area contributed by atoms with Gasteiger partial charge in [-0.1, -0.05) is 50.3 Å². The number of allylic oxidation sites excluding steroid dienone is 2. The fourth-order valence-electron chi connectivity index (χ4n) is 3.44. The quantitative estimate of drug-likeness (QED) is 0.699. The molecule has 0 amide bonds. The molecule has 0 N–H and O–H groups in total. The van der Waals surface area contributed by atoms with Gasteiger partial charge in [-0.3, -0.25) is 0 Å². The number of fused-ring (bicyclic) bond motifs is 2. The maximum absolute atomic E-state index is 5.44. The second-order valence-corrected chi connectivity index (χ2v) is 6.82. The molecule has 4 rings (SSSR count). The fraction of sp³-hybridized carbons (Fsp3) is 0.316. The standard InChI is InChI=1S/C19H19NO/c1-19(2)9-8-14-16(10-19)20-17-12-21-11-15(17)18(14)13-6-4-3-5-7-13/h3-8,11-12,18H,9-10H2,1-2H3. The van der Waals surface area contributed by atoms with Gasteiger partial charge in [-0.25, -0.2) is 4.99 Å². The molecule has 2 heterocycles. The first-order valence-corrected chi connectivity index (χ1v) is 7.53. The molecule has 1 atom stereocenters. The predicted molar refractivity (Wildman–Crippen MR) is 85.2 cm³/mol. The van der Waals surface area contributed by atoms with Crippen molar-refractivity contribution in [1.82, 2.24) is 0 Å². The molecule has 1 unspecified atom stereocenters. The summed E-state index contributed by atoms with van der Waals surface area (Å²) in [7, 11) is 0. The first kappa shape index (κ1) is 12.6. The maximum Gasteiger partial charge on any atom is 0.116 e. The third-order valence-corrected chi connectivity index (χ3v) is 4.53. The molecule has 1 aliphatic carbocycles. The van der Waals surface area contributed by atoms with E-state index in [1.165, 1.54) is 22.4 Å². The molecule has 106 valence electrons.